The van der Waals surface area contributed by atoms with Crippen molar-refractivity contribution in [3.8, 4) is 0 Å². The zero-order valence-corrected chi connectivity index (χ0v) is 9.20. The van der Waals surface area contributed by atoms with E-state index < -0.39 is 5.24 Å². The van der Waals surface area contributed by atoms with Crippen molar-refractivity contribution in [3.05, 3.63) is 63.7 Å². The van der Waals surface area contributed by atoms with Crippen LogP contribution in [0.25, 0.3) is 0 Å². The van der Waals surface area contributed by atoms with Crippen molar-refractivity contribution < 1.29 is 21.9 Å². The van der Waals surface area contributed by atoms with Gasteiger partial charge in [-0.15, -0.1) is 0 Å². The van der Waals surface area contributed by atoms with Crippen molar-refractivity contribution in [2.24, 2.45) is 0 Å². The Hall–Kier alpha value is 0.479. The van der Waals surface area contributed by atoms with E-state index in [-0.39, 0.29) is 17.1 Å². The molecule has 1 nitrogen and oxygen atoms in total. The number of hydrogen-bond acceptors (Lipinski definition) is 1. The van der Waals surface area contributed by atoms with Gasteiger partial charge in [-0.1, -0.05) is 0 Å². The van der Waals surface area contributed by atoms with Gasteiger partial charge in [0.15, 0.2) is 0 Å². The number of carbonyl (C=O) groups excluding carboxylic acids is 1. The van der Waals surface area contributed by atoms with E-state index in [1.54, 1.807) is 25.7 Å². The molecular formula is C11H9ClFeO. The van der Waals surface area contributed by atoms with Crippen LogP contribution in [-0.4, -0.2) is 5.24 Å². The van der Waals surface area contributed by atoms with E-state index in [4.69, 9.17) is 11.6 Å². The minimum Gasteiger partial charge on any atom is -0.281 e. The first-order valence-corrected chi connectivity index (χ1v) is 4.27. The molecule has 0 aromatic carbocycles. The topological polar surface area (TPSA) is 17.1 Å². The zero-order valence-electron chi connectivity index (χ0n) is 7.34. The summed E-state index contributed by atoms with van der Waals surface area (Å²) < 4.78 is 0. The fraction of sp³-hybridized carbons (Fsp3) is 0. The Labute approximate surface area is 102 Å². The van der Waals surface area contributed by atoms with E-state index in [0.29, 0.717) is 5.92 Å². The van der Waals surface area contributed by atoms with E-state index in [9.17, 15) is 4.79 Å². The van der Waals surface area contributed by atoms with E-state index in [1.165, 1.54) is 0 Å². The summed E-state index contributed by atoms with van der Waals surface area (Å²) in [5.74, 6) is 0.562. The first-order chi connectivity index (χ1) is 6.30. The molecule has 0 saturated heterocycles. The molecule has 0 spiro atoms. The molecule has 2 saturated carbocycles. The van der Waals surface area contributed by atoms with Crippen molar-refractivity contribution in [3.63, 3.8) is 0 Å². The molecule has 2 fully saturated rings. The Morgan fingerprint density at radius 3 is 1.43 bits per heavy atom. The average molecular weight is 248 g/mol. The largest absolute Gasteiger partial charge is 0.281 e. The summed E-state index contributed by atoms with van der Waals surface area (Å²) in [6, 6.07) is 0. The fourth-order valence-electron chi connectivity index (χ4n) is 0.826. The average Bonchev–Trinajstić information content (AvgIpc) is 2.82. The minimum absolute atomic E-state index is 0. The van der Waals surface area contributed by atoms with Gasteiger partial charge >= 0.3 is 0 Å². The molecule has 14 heavy (non-hydrogen) atoms. The first-order valence-electron chi connectivity index (χ1n) is 3.89. The molecule has 0 heterocycles. The standard InChI is InChI=1S/C6H4ClO.C5H5.Fe/c7-6(8)5-3-1-2-4-5;1-2-4-5-3-1;/h1-4H;1-5H;. The Kier molecular flexibility index (Phi) is 9.06. The van der Waals surface area contributed by atoms with Crippen LogP contribution in [0.4, 0.5) is 0 Å². The molecule has 0 unspecified atom stereocenters. The summed E-state index contributed by atoms with van der Waals surface area (Å²) in [6.45, 7) is 0. The van der Waals surface area contributed by atoms with Crippen LogP contribution in [0.15, 0.2) is 0 Å². The quantitative estimate of drug-likeness (QED) is 0.513. The SMILES string of the molecule is O=C(Cl)[C]1[CH][CH][CH][CH]1.[CH]1[CH][CH][CH][CH]1.[Fe]. The third-order valence-corrected chi connectivity index (χ3v) is 1.66. The molecule has 10 radical (unpaired) electrons. The molecule has 0 bridgehead atoms. The van der Waals surface area contributed by atoms with Crippen LogP contribution in [-0.2, 0) is 21.9 Å². The third kappa shape index (κ3) is 6.06. The van der Waals surface area contributed by atoms with Crippen LogP contribution in [0.3, 0.4) is 0 Å². The van der Waals surface area contributed by atoms with Gasteiger partial charge in [0, 0.05) is 17.1 Å². The van der Waals surface area contributed by atoms with E-state index in [1.807, 2.05) is 32.1 Å². The predicted molar refractivity (Wildman–Crippen MR) is 52.8 cm³/mol. The van der Waals surface area contributed by atoms with Gasteiger partial charge in [-0.25, -0.2) is 0 Å². The van der Waals surface area contributed by atoms with Gasteiger partial charge < -0.3 is 0 Å². The van der Waals surface area contributed by atoms with Crippen molar-refractivity contribution in [2.45, 2.75) is 0 Å². The maximum atomic E-state index is 10.3. The second kappa shape index (κ2) is 8.76. The van der Waals surface area contributed by atoms with E-state index in [2.05, 4.69) is 0 Å². The molecular weight excluding hydrogens is 239 g/mol. The fourth-order valence-corrected chi connectivity index (χ4v) is 0.952. The van der Waals surface area contributed by atoms with E-state index >= 15 is 0 Å². The first kappa shape index (κ1) is 14.5. The van der Waals surface area contributed by atoms with Crippen LogP contribution >= 0.6 is 11.6 Å². The Balaban J connectivity index is 0.000000246. The molecule has 2 aliphatic carbocycles. The summed E-state index contributed by atoms with van der Waals surface area (Å²) in [6.07, 6.45) is 16.9. The molecule has 0 atom stereocenters. The van der Waals surface area contributed by atoms with Crippen molar-refractivity contribution in [1.82, 2.24) is 0 Å². The number of carbonyl (C=O) groups is 1. The Bertz CT molecular complexity index is 144. The van der Waals surface area contributed by atoms with Gasteiger partial charge in [0.1, 0.15) is 0 Å². The molecule has 2 rings (SSSR count). The predicted octanol–water partition coefficient (Wildman–Crippen LogP) is 2.18. The summed E-state index contributed by atoms with van der Waals surface area (Å²) in [4.78, 5) is 10.3. The van der Waals surface area contributed by atoms with Crippen molar-refractivity contribution in [1.29, 1.82) is 0 Å². The van der Waals surface area contributed by atoms with Crippen molar-refractivity contribution >= 4 is 16.8 Å². The summed E-state index contributed by atoms with van der Waals surface area (Å²) >= 11 is 5.11. The van der Waals surface area contributed by atoms with E-state index in [0.717, 1.165) is 0 Å². The van der Waals surface area contributed by atoms with Crippen LogP contribution in [0, 0.1) is 63.7 Å². The Morgan fingerprint density at radius 2 is 1.21 bits per heavy atom. The van der Waals surface area contributed by atoms with Crippen LogP contribution in [0.2, 0.25) is 0 Å². The number of rotatable bonds is 1. The molecule has 0 aliphatic heterocycles. The second-order valence-corrected chi connectivity index (χ2v) is 2.75. The van der Waals surface area contributed by atoms with Gasteiger partial charge in [0.2, 0.25) is 5.24 Å². The van der Waals surface area contributed by atoms with Crippen molar-refractivity contribution in [2.75, 3.05) is 0 Å². The maximum absolute atomic E-state index is 10.3. The molecule has 3 heteroatoms. The van der Waals surface area contributed by atoms with Crippen LogP contribution in [0.1, 0.15) is 0 Å². The normalized spacial score (nSPS) is 20.9. The van der Waals surface area contributed by atoms with Gasteiger partial charge in [-0.3, -0.25) is 4.79 Å². The van der Waals surface area contributed by atoms with Crippen LogP contribution in [0.5, 0.6) is 0 Å². The zero-order chi connectivity index (χ0) is 9.52. The molecule has 0 N–H and O–H groups in total. The van der Waals surface area contributed by atoms with Crippen LogP contribution < -0.4 is 0 Å². The Morgan fingerprint density at radius 1 is 0.857 bits per heavy atom. The van der Waals surface area contributed by atoms with Gasteiger partial charge in [-0.2, -0.15) is 0 Å². The molecule has 0 aromatic heterocycles. The minimum atomic E-state index is -0.394. The summed E-state index contributed by atoms with van der Waals surface area (Å²) in [7, 11) is 0. The van der Waals surface area contributed by atoms with Gasteiger partial charge in [-0.05, 0) is 69.4 Å². The maximum Gasteiger partial charge on any atom is 0.229 e. The molecule has 0 amide bonds. The number of hydrogen-bond donors (Lipinski definition) is 0. The monoisotopic (exact) mass is 248 g/mol. The van der Waals surface area contributed by atoms with Gasteiger partial charge in [0.25, 0.3) is 0 Å². The van der Waals surface area contributed by atoms with Gasteiger partial charge in [0.05, 0.1) is 5.92 Å². The smallest absolute Gasteiger partial charge is 0.229 e. The summed E-state index contributed by atoms with van der Waals surface area (Å²) in [5.41, 5.74) is 0. The molecule has 0 aromatic rings. The second-order valence-electron chi connectivity index (χ2n) is 2.41. The summed E-state index contributed by atoms with van der Waals surface area (Å²) in [5, 5.41) is -0.394. The third-order valence-electron chi connectivity index (χ3n) is 1.45. The molecule has 74 valence electrons. The number of halogens is 1. The molecule has 2 aliphatic rings.